The van der Waals surface area contributed by atoms with Crippen molar-refractivity contribution in [1.82, 2.24) is 14.8 Å². The largest absolute Gasteiger partial charge is 0.497 e. The number of aromatic nitrogens is 3. The molecule has 4 aromatic rings. The van der Waals surface area contributed by atoms with E-state index in [4.69, 9.17) is 19.2 Å². The predicted molar refractivity (Wildman–Crippen MR) is 128 cm³/mol. The number of nitrogens with zero attached hydrogens (tertiary/aromatic N) is 3. The molecule has 0 aliphatic heterocycles. The third kappa shape index (κ3) is 4.47. The molecule has 4 rings (SSSR count). The molecule has 0 saturated carbocycles. The number of benzene rings is 2. The minimum Gasteiger partial charge on any atom is -0.497 e. The van der Waals surface area contributed by atoms with E-state index >= 15 is 0 Å². The quantitative estimate of drug-likeness (QED) is 0.278. The Morgan fingerprint density at radius 1 is 0.971 bits per heavy atom. The van der Waals surface area contributed by atoms with Crippen molar-refractivity contribution in [1.29, 1.82) is 0 Å². The van der Waals surface area contributed by atoms with Crippen molar-refractivity contribution in [2.24, 2.45) is 0 Å². The summed E-state index contributed by atoms with van der Waals surface area (Å²) in [6.45, 7) is 3.54. The SMILES string of the molecule is COc1ccc(C(=O)COC(=O)c2cc(-c3ccccc3)nc3c2cnn3C(C)C)c(OC)c1. The predicted octanol–water partition coefficient (Wildman–Crippen LogP) is 4.74. The van der Waals surface area contributed by atoms with Gasteiger partial charge in [-0.2, -0.15) is 5.10 Å². The van der Waals surface area contributed by atoms with Crippen LogP contribution in [0, 0.1) is 0 Å². The molecular weight excluding hydrogens is 434 g/mol. The van der Waals surface area contributed by atoms with Crippen molar-refractivity contribution >= 4 is 22.8 Å². The van der Waals surface area contributed by atoms with Crippen LogP contribution in [-0.4, -0.2) is 47.3 Å². The number of hydrogen-bond donors (Lipinski definition) is 0. The van der Waals surface area contributed by atoms with Crippen LogP contribution in [0.2, 0.25) is 0 Å². The highest BCUT2D eigenvalue weighted by Crippen LogP contribution is 2.28. The maximum atomic E-state index is 13.1. The van der Waals surface area contributed by atoms with Gasteiger partial charge < -0.3 is 14.2 Å². The van der Waals surface area contributed by atoms with Crippen molar-refractivity contribution < 1.29 is 23.8 Å². The van der Waals surface area contributed by atoms with E-state index in [1.54, 1.807) is 35.1 Å². The summed E-state index contributed by atoms with van der Waals surface area (Å²) < 4.78 is 17.6. The summed E-state index contributed by atoms with van der Waals surface area (Å²) in [7, 11) is 2.99. The number of ether oxygens (including phenoxy) is 3. The smallest absolute Gasteiger partial charge is 0.339 e. The lowest BCUT2D eigenvalue weighted by molar-refractivity contribution is 0.0476. The molecule has 0 N–H and O–H groups in total. The fraction of sp³-hybridized carbons (Fsp3) is 0.231. The van der Waals surface area contributed by atoms with E-state index in [0.29, 0.717) is 39.4 Å². The molecule has 8 heteroatoms. The normalized spacial score (nSPS) is 11.0. The van der Waals surface area contributed by atoms with Gasteiger partial charge in [-0.25, -0.2) is 14.5 Å². The molecule has 2 heterocycles. The van der Waals surface area contributed by atoms with Gasteiger partial charge in [0.05, 0.1) is 42.6 Å². The molecule has 2 aromatic carbocycles. The number of ketones is 1. The van der Waals surface area contributed by atoms with Gasteiger partial charge in [0.25, 0.3) is 0 Å². The fourth-order valence-electron chi connectivity index (χ4n) is 3.64. The molecule has 0 aliphatic rings. The maximum Gasteiger partial charge on any atom is 0.339 e. The van der Waals surface area contributed by atoms with Crippen LogP contribution < -0.4 is 9.47 Å². The van der Waals surface area contributed by atoms with Gasteiger partial charge in [0.15, 0.2) is 12.3 Å². The summed E-state index contributed by atoms with van der Waals surface area (Å²) in [4.78, 5) is 30.6. The number of methoxy groups -OCH3 is 2. The van der Waals surface area contributed by atoms with E-state index < -0.39 is 12.6 Å². The van der Waals surface area contributed by atoms with Crippen molar-refractivity contribution in [2.45, 2.75) is 19.9 Å². The van der Waals surface area contributed by atoms with Gasteiger partial charge in [0.1, 0.15) is 11.5 Å². The molecule has 0 aliphatic carbocycles. The first-order valence-electron chi connectivity index (χ1n) is 10.8. The number of hydrogen-bond acceptors (Lipinski definition) is 7. The lowest BCUT2D eigenvalue weighted by Crippen LogP contribution is -2.15. The van der Waals surface area contributed by atoms with Gasteiger partial charge in [-0.3, -0.25) is 4.79 Å². The standard InChI is InChI=1S/C26H25N3O5/c1-16(2)29-25-21(14-27-29)20(13-22(28-25)17-8-6-5-7-9-17)26(31)34-15-23(30)19-11-10-18(32-3)12-24(19)33-4/h5-14,16H,15H2,1-4H3. The lowest BCUT2D eigenvalue weighted by atomic mass is 10.1. The number of fused-ring (bicyclic) bond motifs is 1. The molecule has 8 nitrogen and oxygen atoms in total. The first-order valence-corrected chi connectivity index (χ1v) is 10.8. The van der Waals surface area contributed by atoms with Crippen molar-refractivity contribution in [3.05, 3.63) is 71.9 Å². The molecule has 34 heavy (non-hydrogen) atoms. The highest BCUT2D eigenvalue weighted by atomic mass is 16.5. The number of esters is 1. The van der Waals surface area contributed by atoms with E-state index in [1.807, 2.05) is 44.2 Å². The van der Waals surface area contributed by atoms with Crippen LogP contribution in [0.3, 0.4) is 0 Å². The van der Waals surface area contributed by atoms with E-state index in [9.17, 15) is 9.59 Å². The van der Waals surface area contributed by atoms with Crippen molar-refractivity contribution in [3.8, 4) is 22.8 Å². The Morgan fingerprint density at radius 2 is 1.74 bits per heavy atom. The van der Waals surface area contributed by atoms with Crippen LogP contribution in [0.4, 0.5) is 0 Å². The Labute approximate surface area is 197 Å². The van der Waals surface area contributed by atoms with Crippen LogP contribution in [0.5, 0.6) is 11.5 Å². The number of carbonyl (C=O) groups excluding carboxylic acids is 2. The second-order valence-electron chi connectivity index (χ2n) is 7.91. The van der Waals surface area contributed by atoms with Gasteiger partial charge in [0.2, 0.25) is 5.78 Å². The Morgan fingerprint density at radius 3 is 2.41 bits per heavy atom. The summed E-state index contributed by atoms with van der Waals surface area (Å²) in [5, 5.41) is 4.97. The Balaban J connectivity index is 1.65. The zero-order chi connectivity index (χ0) is 24.2. The van der Waals surface area contributed by atoms with Gasteiger partial charge in [-0.05, 0) is 32.0 Å². The second kappa shape index (κ2) is 9.74. The number of Topliss-reactive ketones (excluding diaryl/α,β-unsaturated/α-hetero) is 1. The first-order chi connectivity index (χ1) is 16.4. The zero-order valence-electron chi connectivity index (χ0n) is 19.4. The summed E-state index contributed by atoms with van der Waals surface area (Å²) >= 11 is 0. The second-order valence-corrected chi connectivity index (χ2v) is 7.91. The van der Waals surface area contributed by atoms with E-state index in [-0.39, 0.29) is 11.8 Å². The van der Waals surface area contributed by atoms with Crippen LogP contribution in [0.25, 0.3) is 22.3 Å². The third-order valence-electron chi connectivity index (χ3n) is 5.39. The lowest BCUT2D eigenvalue weighted by Gasteiger charge is -2.12. The topological polar surface area (TPSA) is 92.5 Å². The Bertz CT molecular complexity index is 1350. The minimum atomic E-state index is -0.631. The Hall–Kier alpha value is -4.20. The van der Waals surface area contributed by atoms with Gasteiger partial charge in [-0.1, -0.05) is 30.3 Å². The van der Waals surface area contributed by atoms with Crippen LogP contribution in [-0.2, 0) is 4.74 Å². The molecule has 0 saturated heterocycles. The molecule has 2 aromatic heterocycles. The summed E-state index contributed by atoms with van der Waals surface area (Å²) in [5.74, 6) is -0.121. The molecule has 0 unspecified atom stereocenters. The molecule has 0 spiro atoms. The molecular formula is C26H25N3O5. The molecule has 0 atom stereocenters. The van der Waals surface area contributed by atoms with E-state index in [1.165, 1.54) is 14.2 Å². The van der Waals surface area contributed by atoms with Crippen molar-refractivity contribution in [3.63, 3.8) is 0 Å². The van der Waals surface area contributed by atoms with Crippen LogP contribution in [0.15, 0.2) is 60.8 Å². The molecule has 0 fully saturated rings. The highest BCUT2D eigenvalue weighted by Gasteiger charge is 2.21. The van der Waals surface area contributed by atoms with E-state index in [2.05, 4.69) is 5.10 Å². The van der Waals surface area contributed by atoms with Gasteiger partial charge in [-0.15, -0.1) is 0 Å². The molecule has 0 radical (unpaired) electrons. The average molecular weight is 460 g/mol. The Kier molecular flexibility index (Phi) is 6.58. The van der Waals surface area contributed by atoms with E-state index in [0.717, 1.165) is 5.56 Å². The molecule has 0 amide bonds. The van der Waals surface area contributed by atoms with Crippen LogP contribution >= 0.6 is 0 Å². The van der Waals surface area contributed by atoms with Crippen LogP contribution in [0.1, 0.15) is 40.6 Å². The monoisotopic (exact) mass is 459 g/mol. The first kappa shape index (κ1) is 23.0. The minimum absolute atomic E-state index is 0.0454. The van der Waals surface area contributed by atoms with Gasteiger partial charge >= 0.3 is 5.97 Å². The molecule has 0 bridgehead atoms. The van der Waals surface area contributed by atoms with Gasteiger partial charge in [0, 0.05) is 17.7 Å². The maximum absolute atomic E-state index is 13.1. The van der Waals surface area contributed by atoms with Crippen molar-refractivity contribution in [2.75, 3.05) is 20.8 Å². The summed E-state index contributed by atoms with van der Waals surface area (Å²) in [6.07, 6.45) is 1.60. The third-order valence-corrected chi connectivity index (χ3v) is 5.39. The highest BCUT2D eigenvalue weighted by molar-refractivity contribution is 6.06. The number of rotatable bonds is 8. The zero-order valence-corrected chi connectivity index (χ0v) is 19.4. The fourth-order valence-corrected chi connectivity index (χ4v) is 3.64. The number of pyridine rings is 1. The summed E-state index contributed by atoms with van der Waals surface area (Å²) in [5.41, 5.74) is 2.64. The molecule has 174 valence electrons. The average Bonchev–Trinajstić information content (AvgIpc) is 3.31. The number of carbonyl (C=O) groups is 2. The summed E-state index contributed by atoms with van der Waals surface area (Å²) in [6, 6.07) is 16.1.